The highest BCUT2D eigenvalue weighted by molar-refractivity contribution is 7.99. The van der Waals surface area contributed by atoms with Gasteiger partial charge >= 0.3 is 0 Å². The second kappa shape index (κ2) is 8.16. The van der Waals surface area contributed by atoms with Crippen LogP contribution in [0.1, 0.15) is 11.8 Å². The van der Waals surface area contributed by atoms with Crippen LogP contribution in [0.5, 0.6) is 0 Å². The van der Waals surface area contributed by atoms with Gasteiger partial charge in [-0.1, -0.05) is 6.07 Å². The number of carbonyl (C=O) groups is 2. The standard InChI is InChI=1S/C12H18N2O2S2/c1-3-14(12(16)9-17-2)8-11(15)13-7-10-5-4-6-18-10/h4-6H,3,7-9H2,1-2H3,(H,13,15). The van der Waals surface area contributed by atoms with Gasteiger partial charge in [-0.25, -0.2) is 0 Å². The van der Waals surface area contributed by atoms with Crippen molar-refractivity contribution in [1.82, 2.24) is 10.2 Å². The third-order valence-corrected chi connectivity index (χ3v) is 3.79. The van der Waals surface area contributed by atoms with Crippen LogP contribution in [-0.2, 0) is 16.1 Å². The minimum atomic E-state index is -0.111. The molecule has 0 aliphatic rings. The first-order chi connectivity index (χ1) is 8.67. The van der Waals surface area contributed by atoms with Crippen molar-refractivity contribution in [3.05, 3.63) is 22.4 Å². The van der Waals surface area contributed by atoms with E-state index in [2.05, 4.69) is 5.32 Å². The number of amides is 2. The largest absolute Gasteiger partial charge is 0.350 e. The van der Waals surface area contributed by atoms with E-state index in [0.717, 1.165) is 4.88 Å². The fourth-order valence-corrected chi connectivity index (χ4v) is 2.49. The van der Waals surface area contributed by atoms with Crippen LogP contribution in [0.3, 0.4) is 0 Å². The maximum absolute atomic E-state index is 11.7. The Bertz CT molecular complexity index is 379. The van der Waals surface area contributed by atoms with Crippen molar-refractivity contribution in [3.8, 4) is 0 Å². The maximum Gasteiger partial charge on any atom is 0.239 e. The highest BCUT2D eigenvalue weighted by Crippen LogP contribution is 2.07. The van der Waals surface area contributed by atoms with E-state index >= 15 is 0 Å². The van der Waals surface area contributed by atoms with Gasteiger partial charge in [-0.05, 0) is 24.6 Å². The fourth-order valence-electron chi connectivity index (χ4n) is 1.42. The molecule has 1 heterocycles. The molecule has 1 aromatic rings. The lowest BCUT2D eigenvalue weighted by Gasteiger charge is -2.19. The van der Waals surface area contributed by atoms with Gasteiger partial charge in [-0.2, -0.15) is 11.8 Å². The number of hydrogen-bond donors (Lipinski definition) is 1. The van der Waals surface area contributed by atoms with E-state index in [-0.39, 0.29) is 18.4 Å². The Morgan fingerprint density at radius 1 is 1.50 bits per heavy atom. The summed E-state index contributed by atoms with van der Waals surface area (Å²) in [6.45, 7) is 3.11. The summed E-state index contributed by atoms with van der Waals surface area (Å²) >= 11 is 3.08. The molecule has 18 heavy (non-hydrogen) atoms. The van der Waals surface area contributed by atoms with Gasteiger partial charge in [0.2, 0.25) is 11.8 Å². The topological polar surface area (TPSA) is 49.4 Å². The number of likely N-dealkylation sites (N-methyl/N-ethyl adjacent to an activating group) is 1. The van der Waals surface area contributed by atoms with E-state index < -0.39 is 0 Å². The number of carbonyl (C=O) groups excluding carboxylic acids is 2. The molecule has 1 N–H and O–H groups in total. The van der Waals surface area contributed by atoms with Gasteiger partial charge in [0.05, 0.1) is 18.8 Å². The number of hydrogen-bond acceptors (Lipinski definition) is 4. The molecule has 0 aromatic carbocycles. The lowest BCUT2D eigenvalue weighted by Crippen LogP contribution is -2.41. The first kappa shape index (κ1) is 15.0. The molecule has 1 aromatic heterocycles. The lowest BCUT2D eigenvalue weighted by molar-refractivity contribution is -0.133. The Hall–Kier alpha value is -1.01. The first-order valence-electron chi connectivity index (χ1n) is 5.73. The van der Waals surface area contributed by atoms with Gasteiger partial charge in [0.1, 0.15) is 0 Å². The van der Waals surface area contributed by atoms with Crippen LogP contribution in [0.2, 0.25) is 0 Å². The summed E-state index contributed by atoms with van der Waals surface area (Å²) in [6, 6.07) is 3.92. The summed E-state index contributed by atoms with van der Waals surface area (Å²) in [7, 11) is 0. The van der Waals surface area contributed by atoms with E-state index in [9.17, 15) is 9.59 Å². The number of nitrogens with one attached hydrogen (secondary N) is 1. The molecule has 6 heteroatoms. The summed E-state index contributed by atoms with van der Waals surface area (Å²) in [5.74, 6) is 0.322. The Labute approximate surface area is 116 Å². The van der Waals surface area contributed by atoms with Gasteiger partial charge in [-0.15, -0.1) is 11.3 Å². The molecule has 0 radical (unpaired) electrons. The minimum Gasteiger partial charge on any atom is -0.350 e. The SMILES string of the molecule is CCN(CC(=O)NCc1cccs1)C(=O)CSC. The zero-order valence-electron chi connectivity index (χ0n) is 10.6. The van der Waals surface area contributed by atoms with E-state index in [1.54, 1.807) is 16.2 Å². The van der Waals surface area contributed by atoms with E-state index in [1.807, 2.05) is 30.7 Å². The van der Waals surface area contributed by atoms with Gasteiger partial charge in [-0.3, -0.25) is 9.59 Å². The van der Waals surface area contributed by atoms with Gasteiger partial charge in [0, 0.05) is 11.4 Å². The Morgan fingerprint density at radius 3 is 2.83 bits per heavy atom. The lowest BCUT2D eigenvalue weighted by atomic mass is 10.4. The molecule has 0 aliphatic heterocycles. The van der Waals surface area contributed by atoms with Crippen molar-refractivity contribution in [2.24, 2.45) is 0 Å². The number of rotatable bonds is 7. The Kier molecular flexibility index (Phi) is 6.82. The molecular weight excluding hydrogens is 268 g/mol. The predicted molar refractivity (Wildman–Crippen MR) is 76.8 cm³/mol. The van der Waals surface area contributed by atoms with Crippen LogP contribution >= 0.6 is 23.1 Å². The zero-order valence-corrected chi connectivity index (χ0v) is 12.3. The molecule has 0 fully saturated rings. The monoisotopic (exact) mass is 286 g/mol. The summed E-state index contributed by atoms with van der Waals surface area (Å²) in [5, 5.41) is 4.79. The number of nitrogens with zero attached hydrogens (tertiary/aromatic N) is 1. The van der Waals surface area contributed by atoms with Gasteiger partial charge in [0.25, 0.3) is 0 Å². The molecular formula is C12H18N2O2S2. The van der Waals surface area contributed by atoms with E-state index in [0.29, 0.717) is 18.8 Å². The highest BCUT2D eigenvalue weighted by atomic mass is 32.2. The summed E-state index contributed by atoms with van der Waals surface area (Å²) < 4.78 is 0. The van der Waals surface area contributed by atoms with Crippen LogP contribution in [0.25, 0.3) is 0 Å². The molecule has 0 atom stereocenters. The zero-order chi connectivity index (χ0) is 13.4. The molecule has 0 saturated carbocycles. The molecule has 0 bridgehead atoms. The summed E-state index contributed by atoms with van der Waals surface area (Å²) in [6.07, 6.45) is 1.88. The van der Waals surface area contributed by atoms with Crippen molar-refractivity contribution in [1.29, 1.82) is 0 Å². The van der Waals surface area contributed by atoms with Gasteiger partial charge in [0.15, 0.2) is 0 Å². The molecule has 0 saturated heterocycles. The quantitative estimate of drug-likeness (QED) is 0.828. The highest BCUT2D eigenvalue weighted by Gasteiger charge is 2.14. The Balaban J connectivity index is 2.35. The van der Waals surface area contributed by atoms with Crippen molar-refractivity contribution in [2.45, 2.75) is 13.5 Å². The van der Waals surface area contributed by atoms with Crippen LogP contribution in [0.15, 0.2) is 17.5 Å². The molecule has 4 nitrogen and oxygen atoms in total. The summed E-state index contributed by atoms with van der Waals surface area (Å²) in [5.41, 5.74) is 0. The van der Waals surface area contributed by atoms with E-state index in [4.69, 9.17) is 0 Å². The van der Waals surface area contributed by atoms with Crippen molar-refractivity contribution in [3.63, 3.8) is 0 Å². The number of thiophene rings is 1. The fraction of sp³-hybridized carbons (Fsp3) is 0.500. The maximum atomic E-state index is 11.7. The third-order valence-electron chi connectivity index (χ3n) is 2.38. The molecule has 1 rings (SSSR count). The average molecular weight is 286 g/mol. The average Bonchev–Trinajstić information content (AvgIpc) is 2.86. The second-order valence-electron chi connectivity index (χ2n) is 3.70. The predicted octanol–water partition coefficient (Wildman–Crippen LogP) is 1.58. The number of thioether (sulfide) groups is 1. The molecule has 0 spiro atoms. The van der Waals surface area contributed by atoms with E-state index in [1.165, 1.54) is 11.8 Å². The third kappa shape index (κ3) is 5.10. The molecule has 0 aliphatic carbocycles. The first-order valence-corrected chi connectivity index (χ1v) is 8.00. The van der Waals surface area contributed by atoms with Crippen LogP contribution in [0.4, 0.5) is 0 Å². The minimum absolute atomic E-state index is 0.0104. The van der Waals surface area contributed by atoms with Crippen molar-refractivity contribution in [2.75, 3.05) is 25.1 Å². The molecule has 100 valence electrons. The molecule has 2 amide bonds. The summed E-state index contributed by atoms with van der Waals surface area (Å²) in [4.78, 5) is 26.1. The smallest absolute Gasteiger partial charge is 0.239 e. The van der Waals surface area contributed by atoms with Crippen LogP contribution in [0, 0.1) is 0 Å². The van der Waals surface area contributed by atoms with Crippen LogP contribution < -0.4 is 5.32 Å². The molecule has 0 unspecified atom stereocenters. The second-order valence-corrected chi connectivity index (χ2v) is 5.60. The van der Waals surface area contributed by atoms with Gasteiger partial charge < -0.3 is 10.2 Å². The van der Waals surface area contributed by atoms with Crippen molar-refractivity contribution < 1.29 is 9.59 Å². The Morgan fingerprint density at radius 2 is 2.28 bits per heavy atom. The normalized spacial score (nSPS) is 10.1. The van der Waals surface area contributed by atoms with Crippen LogP contribution in [-0.4, -0.2) is 41.8 Å². The van der Waals surface area contributed by atoms with Crippen molar-refractivity contribution >= 4 is 34.9 Å².